The number of carbonyl (C=O) groups is 1. The largest absolute Gasteiger partial charge is 0.544 e. The second kappa shape index (κ2) is 3.92. The maximum absolute atomic E-state index is 10.6. The molecule has 78 valence electrons. The minimum absolute atomic E-state index is 0.650. The Balaban J connectivity index is 2.35. The van der Waals surface area contributed by atoms with Crippen LogP contribution in [0.1, 0.15) is 6.92 Å². The van der Waals surface area contributed by atoms with Gasteiger partial charge in [0, 0.05) is 0 Å². The van der Waals surface area contributed by atoms with E-state index in [2.05, 4.69) is 9.97 Å². The first-order chi connectivity index (χ1) is 7.18. The molecule has 5 nitrogen and oxygen atoms in total. The maximum Gasteiger partial charge on any atom is 0.236 e. The standard InChI is InChI=1S/C9H9N3O2S/c1-5(9(13)14)12-7-6-2-3-15-8(6)11-4-10-7/h2-5H,1H3,(H,13,14)(H,10,11,12)/t5-/m0/s1. The molecule has 2 rings (SSSR count). The first-order valence-electron chi connectivity index (χ1n) is 4.42. The van der Waals surface area contributed by atoms with Crippen molar-refractivity contribution in [2.75, 3.05) is 0 Å². The van der Waals surface area contributed by atoms with Gasteiger partial charge in [0.1, 0.15) is 17.2 Å². The Morgan fingerprint density at radius 3 is 3.13 bits per heavy atom. The van der Waals surface area contributed by atoms with Crippen molar-refractivity contribution in [2.24, 2.45) is 0 Å². The SMILES string of the molecule is C[C@H]([NH2+]c1ncnc2sccc12)C(=O)[O-]. The summed E-state index contributed by atoms with van der Waals surface area (Å²) in [6.07, 6.45) is 1.44. The van der Waals surface area contributed by atoms with Crippen molar-refractivity contribution in [3.8, 4) is 0 Å². The van der Waals surface area contributed by atoms with E-state index < -0.39 is 12.0 Å². The second-order valence-corrected chi connectivity index (χ2v) is 4.07. The molecule has 0 saturated carbocycles. The molecule has 0 fully saturated rings. The highest BCUT2D eigenvalue weighted by Crippen LogP contribution is 2.20. The van der Waals surface area contributed by atoms with Crippen LogP contribution < -0.4 is 10.4 Å². The van der Waals surface area contributed by atoms with Crippen LogP contribution in [0.25, 0.3) is 10.2 Å². The molecule has 0 aliphatic heterocycles. The van der Waals surface area contributed by atoms with Gasteiger partial charge in [-0.1, -0.05) is 0 Å². The number of thiophene rings is 1. The van der Waals surface area contributed by atoms with Gasteiger partial charge in [-0.25, -0.2) is 4.98 Å². The molecule has 0 saturated heterocycles. The Morgan fingerprint density at radius 2 is 2.40 bits per heavy atom. The molecule has 2 heterocycles. The summed E-state index contributed by atoms with van der Waals surface area (Å²) in [4.78, 5) is 19.6. The quantitative estimate of drug-likeness (QED) is 0.725. The number of carboxylic acids is 1. The number of aliphatic carboxylic acids is 1. The summed E-state index contributed by atoms with van der Waals surface area (Å²) in [5, 5.41) is 15.0. The summed E-state index contributed by atoms with van der Waals surface area (Å²) in [5.41, 5.74) is 0. The number of nitrogens with two attached hydrogens (primary N) is 1. The summed E-state index contributed by atoms with van der Waals surface area (Å²) in [6, 6.07) is 1.23. The zero-order chi connectivity index (χ0) is 10.8. The molecule has 0 bridgehead atoms. The normalized spacial score (nSPS) is 12.9. The first-order valence-corrected chi connectivity index (χ1v) is 5.30. The Morgan fingerprint density at radius 1 is 1.60 bits per heavy atom. The third-order valence-electron chi connectivity index (χ3n) is 2.07. The average molecular weight is 223 g/mol. The summed E-state index contributed by atoms with van der Waals surface area (Å²) < 4.78 is 0. The lowest BCUT2D eigenvalue weighted by molar-refractivity contribution is -0.605. The zero-order valence-corrected chi connectivity index (χ0v) is 8.82. The molecule has 15 heavy (non-hydrogen) atoms. The lowest BCUT2D eigenvalue weighted by Crippen LogP contribution is -2.87. The van der Waals surface area contributed by atoms with Gasteiger partial charge in [0.25, 0.3) is 0 Å². The van der Waals surface area contributed by atoms with E-state index in [4.69, 9.17) is 0 Å². The third kappa shape index (κ3) is 1.95. The molecule has 0 radical (unpaired) electrons. The van der Waals surface area contributed by atoms with E-state index in [0.29, 0.717) is 5.82 Å². The van der Waals surface area contributed by atoms with Crippen molar-refractivity contribution in [1.82, 2.24) is 9.97 Å². The Bertz CT molecular complexity index is 497. The number of carboxylic acid groups (broad SMARTS) is 1. The molecule has 0 aliphatic carbocycles. The first kappa shape index (κ1) is 10.0. The average Bonchev–Trinajstić information content (AvgIpc) is 2.66. The van der Waals surface area contributed by atoms with Crippen LogP contribution in [-0.4, -0.2) is 22.0 Å². The number of hydrogen-bond acceptors (Lipinski definition) is 5. The molecule has 0 unspecified atom stereocenters. The molecule has 0 aliphatic rings. The monoisotopic (exact) mass is 223 g/mol. The number of carbonyl (C=O) groups excluding carboxylic acids is 1. The predicted octanol–water partition coefficient (Wildman–Crippen LogP) is -0.975. The fraction of sp³-hybridized carbons (Fsp3) is 0.222. The molecule has 6 heteroatoms. The fourth-order valence-corrected chi connectivity index (χ4v) is 1.99. The van der Waals surface area contributed by atoms with Gasteiger partial charge in [0.2, 0.25) is 5.82 Å². The Kier molecular flexibility index (Phi) is 2.61. The topological polar surface area (TPSA) is 82.5 Å². The van der Waals surface area contributed by atoms with Crippen molar-refractivity contribution < 1.29 is 15.2 Å². The lowest BCUT2D eigenvalue weighted by atomic mass is 10.3. The van der Waals surface area contributed by atoms with Gasteiger partial charge in [0.05, 0.1) is 11.4 Å². The number of fused-ring (bicyclic) bond motifs is 1. The van der Waals surface area contributed by atoms with E-state index in [1.807, 2.05) is 11.4 Å². The highest BCUT2D eigenvalue weighted by Gasteiger charge is 2.13. The van der Waals surface area contributed by atoms with Gasteiger partial charge >= 0.3 is 0 Å². The number of aromatic nitrogens is 2. The van der Waals surface area contributed by atoms with Crippen LogP contribution in [0, 0.1) is 0 Å². The minimum Gasteiger partial charge on any atom is -0.544 e. The maximum atomic E-state index is 10.6. The van der Waals surface area contributed by atoms with Crippen molar-refractivity contribution in [2.45, 2.75) is 13.0 Å². The summed E-state index contributed by atoms with van der Waals surface area (Å²) >= 11 is 1.50. The number of rotatable bonds is 3. The van der Waals surface area contributed by atoms with Gasteiger partial charge in [0.15, 0.2) is 0 Å². The van der Waals surface area contributed by atoms with E-state index >= 15 is 0 Å². The van der Waals surface area contributed by atoms with Crippen molar-refractivity contribution in [1.29, 1.82) is 0 Å². The molecule has 1 atom stereocenters. The van der Waals surface area contributed by atoms with Crippen molar-refractivity contribution in [3.05, 3.63) is 17.8 Å². The zero-order valence-electron chi connectivity index (χ0n) is 8.01. The minimum atomic E-state index is -1.10. The number of quaternary nitrogens is 1. The molecular weight excluding hydrogens is 214 g/mol. The number of nitrogens with zero attached hydrogens (tertiary/aromatic N) is 2. The molecule has 2 aromatic rings. The van der Waals surface area contributed by atoms with Gasteiger partial charge < -0.3 is 9.90 Å². The van der Waals surface area contributed by atoms with Gasteiger partial charge in [-0.05, 0) is 18.4 Å². The summed E-state index contributed by atoms with van der Waals surface area (Å²) in [6.45, 7) is 1.57. The van der Waals surface area contributed by atoms with Crippen LogP contribution in [-0.2, 0) is 4.79 Å². The molecule has 0 spiro atoms. The van der Waals surface area contributed by atoms with E-state index in [9.17, 15) is 9.90 Å². The molecule has 2 aromatic heterocycles. The van der Waals surface area contributed by atoms with Crippen LogP contribution >= 0.6 is 11.3 Å². The summed E-state index contributed by atoms with van der Waals surface area (Å²) in [7, 11) is 0. The van der Waals surface area contributed by atoms with Crippen LogP contribution in [0.5, 0.6) is 0 Å². The lowest BCUT2D eigenvalue weighted by Gasteiger charge is -2.09. The molecule has 0 amide bonds. The molecule has 0 aromatic carbocycles. The third-order valence-corrected chi connectivity index (χ3v) is 2.89. The highest BCUT2D eigenvalue weighted by atomic mass is 32.1. The van der Waals surface area contributed by atoms with Crippen LogP contribution in [0.2, 0.25) is 0 Å². The highest BCUT2D eigenvalue weighted by molar-refractivity contribution is 7.16. The van der Waals surface area contributed by atoms with E-state index in [0.717, 1.165) is 10.2 Å². The number of hydrogen-bond donors (Lipinski definition) is 1. The van der Waals surface area contributed by atoms with E-state index in [-0.39, 0.29) is 0 Å². The smallest absolute Gasteiger partial charge is 0.236 e. The molecule has 2 N–H and O–H groups in total. The van der Waals surface area contributed by atoms with Crippen LogP contribution in [0.4, 0.5) is 5.82 Å². The van der Waals surface area contributed by atoms with E-state index in [1.54, 1.807) is 12.2 Å². The Hall–Kier alpha value is -1.53. The van der Waals surface area contributed by atoms with Crippen molar-refractivity contribution in [3.63, 3.8) is 0 Å². The van der Waals surface area contributed by atoms with Gasteiger partial charge in [-0.15, -0.1) is 11.3 Å². The fourth-order valence-electron chi connectivity index (χ4n) is 1.25. The second-order valence-electron chi connectivity index (χ2n) is 3.17. The van der Waals surface area contributed by atoms with E-state index in [1.165, 1.54) is 17.7 Å². The van der Waals surface area contributed by atoms with Gasteiger partial charge in [-0.2, -0.15) is 4.98 Å². The van der Waals surface area contributed by atoms with Crippen LogP contribution in [0.15, 0.2) is 17.8 Å². The molecular formula is C9H9N3O2S. The Labute approximate surface area is 89.8 Å². The van der Waals surface area contributed by atoms with Crippen molar-refractivity contribution >= 4 is 33.3 Å². The predicted molar refractivity (Wildman–Crippen MR) is 53.5 cm³/mol. The summed E-state index contributed by atoms with van der Waals surface area (Å²) in [5.74, 6) is -0.449. The van der Waals surface area contributed by atoms with Crippen LogP contribution in [0.3, 0.4) is 0 Å². The van der Waals surface area contributed by atoms with Gasteiger partial charge in [-0.3, -0.25) is 5.32 Å².